The normalized spacial score (nSPS) is 36.2. The summed E-state index contributed by atoms with van der Waals surface area (Å²) in [4.78, 5) is 24.3. The number of nitrogens with one attached hydrogen (secondary N) is 3. The zero-order valence-corrected chi connectivity index (χ0v) is 26.5. The smallest absolute Gasteiger partial charge is 0.251 e. The molecule has 9 unspecified atom stereocenters. The lowest BCUT2D eigenvalue weighted by molar-refractivity contribution is -0.205. The van der Waals surface area contributed by atoms with E-state index in [1.165, 1.54) is 49.5 Å². The van der Waals surface area contributed by atoms with Crippen molar-refractivity contribution in [2.75, 3.05) is 26.0 Å². The first-order chi connectivity index (χ1) is 21.1. The number of benzene rings is 1. The van der Waals surface area contributed by atoms with E-state index in [-0.39, 0.29) is 23.7 Å². The molecule has 1 aromatic rings. The summed E-state index contributed by atoms with van der Waals surface area (Å²) in [6.45, 7) is 5.93. The molecule has 0 aromatic heterocycles. The van der Waals surface area contributed by atoms with Crippen molar-refractivity contribution in [1.29, 1.82) is 0 Å². The van der Waals surface area contributed by atoms with Gasteiger partial charge in [-0.05, 0) is 79.9 Å². The molecule has 5 rings (SSSR count). The number of rotatable bonds is 5. The Kier molecular flexibility index (Phi) is 13.0. The molecule has 10 nitrogen and oxygen atoms in total. The number of hydrogen-bond acceptors (Lipinski definition) is 9. The molecule has 3 fully saturated rings. The summed E-state index contributed by atoms with van der Waals surface area (Å²) in [7, 11) is 1.53. The van der Waals surface area contributed by atoms with E-state index in [0.717, 1.165) is 31.6 Å². The van der Waals surface area contributed by atoms with Crippen LogP contribution >= 0.6 is 11.8 Å². The van der Waals surface area contributed by atoms with Crippen molar-refractivity contribution in [2.45, 2.75) is 94.0 Å². The minimum absolute atomic E-state index is 0.162. The van der Waals surface area contributed by atoms with Crippen LogP contribution in [-0.4, -0.2) is 101 Å². The number of fused-ring (bicyclic) bond motifs is 3. The van der Waals surface area contributed by atoms with E-state index in [9.17, 15) is 29.3 Å². The quantitative estimate of drug-likeness (QED) is 0.267. The topological polar surface area (TPSA) is 149 Å². The van der Waals surface area contributed by atoms with Gasteiger partial charge in [0.1, 0.15) is 41.7 Å². The number of ether oxygens (including phenoxy) is 2. The first-order valence-corrected chi connectivity index (χ1v) is 16.7. The Morgan fingerprint density at radius 1 is 1.09 bits per heavy atom. The minimum Gasteiger partial charge on any atom is -0.388 e. The van der Waals surface area contributed by atoms with Gasteiger partial charge in [-0.1, -0.05) is 26.0 Å². The maximum Gasteiger partial charge on any atom is 0.251 e. The predicted octanol–water partition coefficient (Wildman–Crippen LogP) is 1.98. The summed E-state index contributed by atoms with van der Waals surface area (Å²) in [5.41, 5.74) is -0.176. The predicted molar refractivity (Wildman–Crippen MR) is 166 cm³/mol. The van der Waals surface area contributed by atoms with E-state index in [0.29, 0.717) is 36.3 Å². The largest absolute Gasteiger partial charge is 0.388 e. The standard InChI is InChI=1S/C24H40N2O6S.C8H8FNO/c1-13(2)10-14-7-8-31-21-15(11-14)12-25-17(21)23(30)26-16-6-4-3-5-9-33-24-20(29)18(27)19(28)22(16)32-24;1-10-8(11)6-2-4-7(9)5-3-6/h3-4,13-22,24-25,27-29H,5-12H2,1-2H3,(H,26,30);2-5H,1H3,(H,10,11)/b4-3-;/t14-,15?,16?,17?,18?,19?,20?,21?,22?,24?;/m0./s1. The first-order valence-electron chi connectivity index (χ1n) is 15.7. The lowest BCUT2D eigenvalue weighted by Gasteiger charge is -2.43. The van der Waals surface area contributed by atoms with E-state index in [1.807, 2.05) is 6.08 Å². The van der Waals surface area contributed by atoms with Gasteiger partial charge >= 0.3 is 0 Å². The van der Waals surface area contributed by atoms with Crippen LogP contribution in [0.1, 0.15) is 56.3 Å². The monoisotopic (exact) mass is 637 g/mol. The molecule has 0 saturated carbocycles. The Balaban J connectivity index is 0.000000339. The molecular weight excluding hydrogens is 589 g/mol. The van der Waals surface area contributed by atoms with E-state index < -0.39 is 41.9 Å². The number of thioether (sulfide) groups is 1. The summed E-state index contributed by atoms with van der Waals surface area (Å²) < 4.78 is 24.5. The maximum atomic E-state index is 13.4. The molecule has 4 aliphatic heterocycles. The van der Waals surface area contributed by atoms with Gasteiger partial charge < -0.3 is 40.7 Å². The van der Waals surface area contributed by atoms with Crippen LogP contribution in [0.3, 0.4) is 0 Å². The highest BCUT2D eigenvalue weighted by molar-refractivity contribution is 7.99. The third-order valence-electron chi connectivity index (χ3n) is 8.74. The van der Waals surface area contributed by atoms with Gasteiger partial charge in [0.15, 0.2) is 0 Å². The second-order valence-electron chi connectivity index (χ2n) is 12.5. The van der Waals surface area contributed by atoms with Gasteiger partial charge in [0.25, 0.3) is 5.91 Å². The Hall–Kier alpha value is -2.06. The Morgan fingerprint density at radius 2 is 1.84 bits per heavy atom. The van der Waals surface area contributed by atoms with E-state index in [1.54, 1.807) is 0 Å². The molecular formula is C32H48FN3O7S. The van der Waals surface area contributed by atoms with Crippen LogP contribution in [0.15, 0.2) is 36.4 Å². The fourth-order valence-corrected chi connectivity index (χ4v) is 7.59. The molecule has 4 heterocycles. The number of amides is 2. The van der Waals surface area contributed by atoms with E-state index in [2.05, 4.69) is 35.9 Å². The molecule has 246 valence electrons. The molecule has 1 aromatic carbocycles. The lowest BCUT2D eigenvalue weighted by Crippen LogP contribution is -2.63. The van der Waals surface area contributed by atoms with Crippen molar-refractivity contribution in [3.8, 4) is 0 Å². The number of halogens is 1. The van der Waals surface area contributed by atoms with Crippen LogP contribution in [0.5, 0.6) is 0 Å². The van der Waals surface area contributed by atoms with Crippen molar-refractivity contribution in [1.82, 2.24) is 16.0 Å². The van der Waals surface area contributed by atoms with Crippen molar-refractivity contribution >= 4 is 23.6 Å². The molecule has 2 amide bonds. The Morgan fingerprint density at radius 3 is 2.55 bits per heavy atom. The van der Waals surface area contributed by atoms with Crippen LogP contribution in [-0.2, 0) is 14.3 Å². The van der Waals surface area contributed by atoms with Gasteiger partial charge in [-0.2, -0.15) is 0 Å². The second-order valence-corrected chi connectivity index (χ2v) is 13.7. The number of allylic oxidation sites excluding steroid dienone is 1. The van der Waals surface area contributed by atoms with Gasteiger partial charge in [-0.3, -0.25) is 9.59 Å². The molecule has 6 N–H and O–H groups in total. The van der Waals surface area contributed by atoms with Crippen molar-refractivity contribution in [2.24, 2.45) is 17.8 Å². The maximum absolute atomic E-state index is 13.4. The number of hydrogen-bond donors (Lipinski definition) is 6. The number of carbonyl (C=O) groups is 2. The highest BCUT2D eigenvalue weighted by Gasteiger charge is 2.48. The second kappa shape index (κ2) is 16.5. The van der Waals surface area contributed by atoms with Gasteiger partial charge in [-0.25, -0.2) is 4.39 Å². The molecule has 44 heavy (non-hydrogen) atoms. The molecule has 2 bridgehead atoms. The summed E-state index contributed by atoms with van der Waals surface area (Å²) in [5, 5.41) is 40.3. The van der Waals surface area contributed by atoms with Crippen LogP contribution in [0, 0.1) is 23.6 Å². The van der Waals surface area contributed by atoms with Gasteiger partial charge in [0, 0.05) is 25.8 Å². The first kappa shape index (κ1) is 34.8. The third-order valence-corrected chi connectivity index (χ3v) is 9.93. The Labute approximate surface area is 263 Å². The van der Waals surface area contributed by atoms with Crippen LogP contribution in [0.2, 0.25) is 0 Å². The van der Waals surface area contributed by atoms with Gasteiger partial charge in [-0.15, -0.1) is 11.8 Å². The molecule has 0 aliphatic carbocycles. The summed E-state index contributed by atoms with van der Waals surface area (Å²) >= 11 is 1.42. The fourth-order valence-electron chi connectivity index (χ4n) is 6.52. The fraction of sp³-hybridized carbons (Fsp3) is 0.688. The third kappa shape index (κ3) is 9.02. The molecule has 0 radical (unpaired) electrons. The lowest BCUT2D eigenvalue weighted by atomic mass is 9.85. The molecule has 12 heteroatoms. The Bertz CT molecular complexity index is 1110. The molecule has 0 spiro atoms. The zero-order valence-electron chi connectivity index (χ0n) is 25.7. The van der Waals surface area contributed by atoms with Crippen LogP contribution < -0.4 is 16.0 Å². The van der Waals surface area contributed by atoms with Crippen LogP contribution in [0.25, 0.3) is 0 Å². The summed E-state index contributed by atoms with van der Waals surface area (Å²) in [6.07, 6.45) is 3.86. The summed E-state index contributed by atoms with van der Waals surface area (Å²) in [6, 6.07) is 4.42. The highest BCUT2D eigenvalue weighted by atomic mass is 32.2. The zero-order chi connectivity index (χ0) is 31.8. The SMILES string of the molecule is CC(C)C[C@@H]1CCOC2C(CNC2C(=O)NC2C/C=C\CCSC3OC2C(O)C(O)C3O)C1.CNC(=O)c1ccc(F)cc1. The van der Waals surface area contributed by atoms with Gasteiger partial charge in [0.2, 0.25) is 5.91 Å². The number of carbonyl (C=O) groups excluding carboxylic acids is 2. The minimum atomic E-state index is -1.32. The molecule has 4 aliphatic rings. The van der Waals surface area contributed by atoms with Crippen LogP contribution in [0.4, 0.5) is 4.39 Å². The van der Waals surface area contributed by atoms with Crippen molar-refractivity contribution in [3.05, 3.63) is 47.8 Å². The molecule has 3 saturated heterocycles. The van der Waals surface area contributed by atoms with E-state index >= 15 is 0 Å². The number of aliphatic hydroxyl groups excluding tert-OH is 3. The average molecular weight is 638 g/mol. The molecule has 10 atom stereocenters. The number of aliphatic hydroxyl groups is 3. The van der Waals surface area contributed by atoms with E-state index in [4.69, 9.17) is 9.47 Å². The van der Waals surface area contributed by atoms with Crippen molar-refractivity contribution in [3.63, 3.8) is 0 Å². The summed E-state index contributed by atoms with van der Waals surface area (Å²) in [5.74, 6) is 1.63. The highest BCUT2D eigenvalue weighted by Crippen LogP contribution is 2.35. The average Bonchev–Trinajstić information content (AvgIpc) is 3.29. The van der Waals surface area contributed by atoms with Crippen molar-refractivity contribution < 1.29 is 38.8 Å². The van der Waals surface area contributed by atoms with Gasteiger partial charge in [0.05, 0.1) is 12.1 Å².